The highest BCUT2D eigenvalue weighted by atomic mass is 32.2. The van der Waals surface area contributed by atoms with E-state index < -0.39 is 32.6 Å². The number of amides is 1. The predicted molar refractivity (Wildman–Crippen MR) is 83.1 cm³/mol. The van der Waals surface area contributed by atoms with Gasteiger partial charge in [0.25, 0.3) is 0 Å². The van der Waals surface area contributed by atoms with Crippen molar-refractivity contribution in [1.29, 1.82) is 0 Å². The number of hydrogen-bond donors (Lipinski definition) is 0. The van der Waals surface area contributed by atoms with Gasteiger partial charge in [-0.1, -0.05) is 6.92 Å². The van der Waals surface area contributed by atoms with Gasteiger partial charge >= 0.3 is 0 Å². The van der Waals surface area contributed by atoms with Crippen molar-refractivity contribution >= 4 is 15.9 Å². The van der Waals surface area contributed by atoms with Crippen molar-refractivity contribution in [2.24, 2.45) is 0 Å². The van der Waals surface area contributed by atoms with Crippen LogP contribution in [0.5, 0.6) is 5.75 Å². The van der Waals surface area contributed by atoms with Crippen molar-refractivity contribution in [3.05, 3.63) is 23.8 Å². The fraction of sp³-hybridized carbons (Fsp3) is 0.533. The van der Waals surface area contributed by atoms with Gasteiger partial charge in [-0.2, -0.15) is 4.31 Å². The maximum absolute atomic E-state index is 14.2. The van der Waals surface area contributed by atoms with Crippen molar-refractivity contribution in [3.63, 3.8) is 0 Å². The number of hydrogen-bond acceptors (Lipinski definition) is 4. The average molecular weight is 362 g/mol. The monoisotopic (exact) mass is 362 g/mol. The van der Waals surface area contributed by atoms with Crippen molar-refractivity contribution in [1.82, 2.24) is 9.21 Å². The molecule has 6 nitrogen and oxygen atoms in total. The lowest BCUT2D eigenvalue weighted by Crippen LogP contribution is -2.58. The first kappa shape index (κ1) is 18.6. The van der Waals surface area contributed by atoms with Crippen molar-refractivity contribution < 1.29 is 26.7 Å². The summed E-state index contributed by atoms with van der Waals surface area (Å²) in [5, 5.41) is 0. The van der Waals surface area contributed by atoms with E-state index >= 15 is 0 Å². The largest absolute Gasteiger partial charge is 0.497 e. The minimum absolute atomic E-state index is 0.00860. The van der Waals surface area contributed by atoms with Gasteiger partial charge < -0.3 is 9.64 Å². The average Bonchev–Trinajstić information content (AvgIpc) is 2.53. The molecular formula is C15H20F2N2O4S. The summed E-state index contributed by atoms with van der Waals surface area (Å²) in [5.74, 6) is -2.97. The molecule has 1 aliphatic rings. The number of sulfonamides is 1. The second kappa shape index (κ2) is 7.02. The number of methoxy groups -OCH3 is 1. The molecule has 1 aromatic rings. The molecule has 134 valence electrons. The molecule has 0 bridgehead atoms. The van der Waals surface area contributed by atoms with Gasteiger partial charge in [0.05, 0.1) is 7.11 Å². The standard InChI is InChI=1S/C15H20F2N2O4S/c1-4-13-15(20)18(5-2)6-7-19(13)24(21,22)14-11(16)8-10(23-3)9-12(14)17/h8-9,13H,4-7H2,1-3H3. The summed E-state index contributed by atoms with van der Waals surface area (Å²) >= 11 is 0. The number of benzene rings is 1. The highest BCUT2D eigenvalue weighted by molar-refractivity contribution is 7.89. The Morgan fingerprint density at radius 3 is 2.25 bits per heavy atom. The number of rotatable bonds is 5. The first-order valence-electron chi connectivity index (χ1n) is 7.61. The highest BCUT2D eigenvalue weighted by Gasteiger charge is 2.42. The van der Waals surface area contributed by atoms with E-state index in [1.54, 1.807) is 13.8 Å². The van der Waals surface area contributed by atoms with Crippen LogP contribution in [0.4, 0.5) is 8.78 Å². The molecule has 1 amide bonds. The molecule has 0 aromatic heterocycles. The molecule has 0 saturated carbocycles. The number of halogens is 2. The number of piperazine rings is 1. The summed E-state index contributed by atoms with van der Waals surface area (Å²) in [6.45, 7) is 4.08. The highest BCUT2D eigenvalue weighted by Crippen LogP contribution is 2.30. The van der Waals surface area contributed by atoms with Crippen LogP contribution in [-0.4, -0.2) is 56.3 Å². The van der Waals surface area contributed by atoms with Crippen LogP contribution < -0.4 is 4.74 Å². The Hall–Kier alpha value is -1.74. The molecule has 0 radical (unpaired) electrons. The van der Waals surface area contributed by atoms with E-state index in [4.69, 9.17) is 4.74 Å². The Balaban J connectivity index is 2.49. The molecule has 1 aliphatic heterocycles. The molecule has 9 heteroatoms. The smallest absolute Gasteiger partial charge is 0.249 e. The summed E-state index contributed by atoms with van der Waals surface area (Å²) < 4.78 is 59.6. The van der Waals surface area contributed by atoms with Crippen molar-refractivity contribution in [3.8, 4) is 5.75 Å². The van der Waals surface area contributed by atoms with Gasteiger partial charge in [-0.05, 0) is 13.3 Å². The third kappa shape index (κ3) is 3.10. The van der Waals surface area contributed by atoms with Crippen LogP contribution in [0, 0.1) is 11.6 Å². The maximum Gasteiger partial charge on any atom is 0.249 e. The molecule has 2 rings (SSSR count). The summed E-state index contributed by atoms with van der Waals surface area (Å²) in [6.07, 6.45) is 0.216. The molecule has 1 aromatic carbocycles. The van der Waals surface area contributed by atoms with E-state index in [1.165, 1.54) is 12.0 Å². The molecular weight excluding hydrogens is 342 g/mol. The van der Waals surface area contributed by atoms with Crippen molar-refractivity contribution in [2.75, 3.05) is 26.7 Å². The van der Waals surface area contributed by atoms with Crippen molar-refractivity contribution in [2.45, 2.75) is 31.2 Å². The van der Waals surface area contributed by atoms with E-state index in [9.17, 15) is 22.0 Å². The van der Waals surface area contributed by atoms with E-state index in [1.807, 2.05) is 0 Å². The van der Waals surface area contributed by atoms with Gasteiger partial charge in [-0.3, -0.25) is 4.79 Å². The number of carbonyl (C=O) groups is 1. The fourth-order valence-corrected chi connectivity index (χ4v) is 4.56. The predicted octanol–water partition coefficient (Wildman–Crippen LogP) is 1.60. The van der Waals surface area contributed by atoms with E-state index in [0.29, 0.717) is 6.54 Å². The first-order valence-corrected chi connectivity index (χ1v) is 9.05. The van der Waals surface area contributed by atoms with Crippen LogP contribution in [-0.2, 0) is 14.8 Å². The quantitative estimate of drug-likeness (QED) is 0.798. The van der Waals surface area contributed by atoms with Gasteiger partial charge in [0.15, 0.2) is 4.90 Å². The zero-order valence-electron chi connectivity index (χ0n) is 13.8. The van der Waals surface area contributed by atoms with Crippen LogP contribution in [0.3, 0.4) is 0 Å². The molecule has 0 spiro atoms. The zero-order valence-corrected chi connectivity index (χ0v) is 14.6. The van der Waals surface area contributed by atoms with E-state index in [0.717, 1.165) is 16.4 Å². The third-order valence-electron chi connectivity index (χ3n) is 4.08. The number of likely N-dealkylation sites (N-methyl/N-ethyl adjacent to an activating group) is 1. The summed E-state index contributed by atoms with van der Waals surface area (Å²) in [5.41, 5.74) is 0. The summed E-state index contributed by atoms with van der Waals surface area (Å²) in [4.78, 5) is 12.8. The lowest BCUT2D eigenvalue weighted by atomic mass is 10.1. The zero-order chi connectivity index (χ0) is 18.1. The van der Waals surface area contributed by atoms with Gasteiger partial charge in [0, 0.05) is 31.8 Å². The lowest BCUT2D eigenvalue weighted by Gasteiger charge is -2.39. The molecule has 1 saturated heterocycles. The molecule has 24 heavy (non-hydrogen) atoms. The SMILES string of the molecule is CCC1C(=O)N(CC)CCN1S(=O)(=O)c1c(F)cc(OC)cc1F. The minimum atomic E-state index is -4.49. The number of carbonyl (C=O) groups excluding carboxylic acids is 1. The molecule has 1 unspecified atom stereocenters. The lowest BCUT2D eigenvalue weighted by molar-refractivity contribution is -0.138. The first-order chi connectivity index (χ1) is 11.3. The van der Waals surface area contributed by atoms with Gasteiger partial charge in [0.2, 0.25) is 15.9 Å². The topological polar surface area (TPSA) is 66.9 Å². The molecule has 0 aliphatic carbocycles. The van der Waals surface area contributed by atoms with E-state index in [2.05, 4.69) is 0 Å². The van der Waals surface area contributed by atoms with Gasteiger partial charge in [-0.15, -0.1) is 0 Å². The molecule has 1 atom stereocenters. The van der Waals surface area contributed by atoms with Crippen LogP contribution in [0.2, 0.25) is 0 Å². The number of nitrogens with zero attached hydrogens (tertiary/aromatic N) is 2. The summed E-state index contributed by atoms with van der Waals surface area (Å²) in [6, 6.07) is 0.645. The maximum atomic E-state index is 14.2. The second-order valence-electron chi connectivity index (χ2n) is 5.38. The number of ether oxygens (including phenoxy) is 1. The Labute approximate surface area is 140 Å². The second-order valence-corrected chi connectivity index (χ2v) is 7.21. The summed E-state index contributed by atoms with van der Waals surface area (Å²) in [7, 11) is -3.27. The Kier molecular flexibility index (Phi) is 5.44. The van der Waals surface area contributed by atoms with Crippen LogP contribution in [0.15, 0.2) is 17.0 Å². The minimum Gasteiger partial charge on any atom is -0.497 e. The molecule has 1 fully saturated rings. The molecule has 1 heterocycles. The van der Waals surface area contributed by atoms with Crippen LogP contribution in [0.25, 0.3) is 0 Å². The Bertz CT molecular complexity index is 716. The van der Waals surface area contributed by atoms with Gasteiger partial charge in [0.1, 0.15) is 23.4 Å². The fourth-order valence-electron chi connectivity index (χ4n) is 2.82. The third-order valence-corrected chi connectivity index (χ3v) is 6.04. The molecule has 0 N–H and O–H groups in total. The van der Waals surface area contributed by atoms with E-state index in [-0.39, 0.29) is 31.2 Å². The van der Waals surface area contributed by atoms with Crippen LogP contribution in [0.1, 0.15) is 20.3 Å². The Morgan fingerprint density at radius 1 is 1.21 bits per heavy atom. The van der Waals surface area contributed by atoms with Crippen LogP contribution >= 0.6 is 0 Å². The Morgan fingerprint density at radius 2 is 1.79 bits per heavy atom. The van der Waals surface area contributed by atoms with Gasteiger partial charge in [-0.25, -0.2) is 17.2 Å². The normalized spacial score (nSPS) is 19.6.